The second-order valence-corrected chi connectivity index (χ2v) is 12.3. The topological polar surface area (TPSA) is 101 Å². The quantitative estimate of drug-likeness (QED) is 0.285. The summed E-state index contributed by atoms with van der Waals surface area (Å²) in [7, 11) is 0. The third kappa shape index (κ3) is 6.98. The zero-order valence-electron chi connectivity index (χ0n) is 24.4. The zero-order valence-corrected chi connectivity index (χ0v) is 25.2. The van der Waals surface area contributed by atoms with E-state index >= 15 is 0 Å². The highest BCUT2D eigenvalue weighted by molar-refractivity contribution is 7.14. The van der Waals surface area contributed by atoms with Gasteiger partial charge in [-0.05, 0) is 43.5 Å². The van der Waals surface area contributed by atoms with Crippen LogP contribution >= 0.6 is 11.3 Å². The molecule has 4 aromatic heterocycles. The molecule has 1 fully saturated rings. The molecular formula is C30H38N8O2S. The van der Waals surface area contributed by atoms with Crippen molar-refractivity contribution >= 4 is 28.6 Å². The highest BCUT2D eigenvalue weighted by atomic mass is 32.1. The summed E-state index contributed by atoms with van der Waals surface area (Å²) < 4.78 is 7.20. The number of nitrogens with zero attached hydrogens (tertiary/aromatic N) is 7. The summed E-state index contributed by atoms with van der Waals surface area (Å²) in [6.07, 6.45) is 7.25. The molecule has 0 aromatic carbocycles. The lowest BCUT2D eigenvalue weighted by molar-refractivity contribution is 0.103. The van der Waals surface area contributed by atoms with E-state index in [0.717, 1.165) is 74.3 Å². The molecule has 1 aliphatic heterocycles. The first-order valence-electron chi connectivity index (χ1n) is 14.0. The number of rotatable bonds is 9. The molecule has 1 saturated heterocycles. The van der Waals surface area contributed by atoms with Crippen molar-refractivity contribution in [3.8, 4) is 16.9 Å². The van der Waals surface area contributed by atoms with Crippen LogP contribution in [0.15, 0.2) is 49.1 Å². The SMILES string of the molecule is CCOCCN1CCN(c2cncc(-c3cn(-c4cc(NC(=O)c5ccc(C(C)(C)C)s5)cnc4C)nn3)c2)CC1. The third-order valence-electron chi connectivity index (χ3n) is 7.14. The van der Waals surface area contributed by atoms with Crippen LogP contribution in [0.5, 0.6) is 0 Å². The molecule has 0 unspecified atom stereocenters. The Morgan fingerprint density at radius 2 is 1.90 bits per heavy atom. The number of hydrogen-bond acceptors (Lipinski definition) is 9. The minimum absolute atomic E-state index is 0.000321. The standard InChI is InChI=1S/C30H38N8O2S/c1-6-40-14-13-36-9-11-37(12-10-36)24-15-22(17-31-19-24)25-20-38(35-34-25)26-16-23(18-32-21(26)2)33-29(39)27-7-8-28(41-27)30(3,4)5/h7-8,15-20H,6,9-14H2,1-5H3,(H,33,39). The van der Waals surface area contributed by atoms with Crippen LogP contribution < -0.4 is 10.2 Å². The van der Waals surface area contributed by atoms with Gasteiger partial charge in [-0.1, -0.05) is 26.0 Å². The highest BCUT2D eigenvalue weighted by Gasteiger charge is 2.20. The fourth-order valence-electron chi connectivity index (χ4n) is 4.70. The molecule has 216 valence electrons. The van der Waals surface area contributed by atoms with Gasteiger partial charge in [0.15, 0.2) is 0 Å². The second-order valence-electron chi connectivity index (χ2n) is 11.2. The van der Waals surface area contributed by atoms with Crippen molar-refractivity contribution in [3.05, 3.63) is 64.5 Å². The summed E-state index contributed by atoms with van der Waals surface area (Å²) in [6, 6.07) is 7.88. The minimum Gasteiger partial charge on any atom is -0.380 e. The summed E-state index contributed by atoms with van der Waals surface area (Å²) in [4.78, 5) is 28.6. The Morgan fingerprint density at radius 1 is 1.10 bits per heavy atom. The Labute approximate surface area is 245 Å². The third-order valence-corrected chi connectivity index (χ3v) is 8.65. The molecule has 1 N–H and O–H groups in total. The monoisotopic (exact) mass is 574 g/mol. The van der Waals surface area contributed by atoms with Crippen molar-refractivity contribution in [2.45, 2.75) is 40.0 Å². The van der Waals surface area contributed by atoms with Crippen LogP contribution in [0.3, 0.4) is 0 Å². The molecule has 0 bridgehead atoms. The lowest BCUT2D eigenvalue weighted by atomic mass is 9.95. The van der Waals surface area contributed by atoms with Crippen LogP contribution in [-0.4, -0.2) is 81.7 Å². The fraction of sp³-hybridized carbons (Fsp3) is 0.433. The maximum atomic E-state index is 12.9. The van der Waals surface area contributed by atoms with Gasteiger partial charge in [0, 0.05) is 56.0 Å². The van der Waals surface area contributed by atoms with Crippen LogP contribution in [0.1, 0.15) is 47.9 Å². The van der Waals surface area contributed by atoms with E-state index in [1.165, 1.54) is 16.2 Å². The molecule has 4 aromatic rings. The number of piperazine rings is 1. The van der Waals surface area contributed by atoms with Gasteiger partial charge in [-0.25, -0.2) is 4.68 Å². The number of nitrogens with one attached hydrogen (secondary N) is 1. The van der Waals surface area contributed by atoms with Gasteiger partial charge in [0.05, 0.1) is 52.8 Å². The summed E-state index contributed by atoms with van der Waals surface area (Å²) in [6.45, 7) is 16.7. The van der Waals surface area contributed by atoms with E-state index in [4.69, 9.17) is 4.74 Å². The molecule has 1 aliphatic rings. The van der Waals surface area contributed by atoms with E-state index in [1.54, 1.807) is 10.9 Å². The Bertz CT molecular complexity index is 1480. The van der Waals surface area contributed by atoms with E-state index in [-0.39, 0.29) is 11.3 Å². The number of amides is 1. The van der Waals surface area contributed by atoms with Gasteiger partial charge < -0.3 is 15.0 Å². The molecule has 5 heterocycles. The number of ether oxygens (including phenoxy) is 1. The summed E-state index contributed by atoms with van der Waals surface area (Å²) in [5.74, 6) is -0.153. The number of pyridine rings is 2. The molecule has 0 aliphatic carbocycles. The second kappa shape index (κ2) is 12.5. The normalized spacial score (nSPS) is 14.4. The lowest BCUT2D eigenvalue weighted by Crippen LogP contribution is -2.47. The lowest BCUT2D eigenvalue weighted by Gasteiger charge is -2.35. The number of aryl methyl sites for hydroxylation is 1. The number of aromatic nitrogens is 5. The van der Waals surface area contributed by atoms with Gasteiger partial charge in [-0.2, -0.15) is 0 Å². The van der Waals surface area contributed by atoms with Crippen LogP contribution in [0, 0.1) is 6.92 Å². The molecule has 41 heavy (non-hydrogen) atoms. The Morgan fingerprint density at radius 3 is 2.63 bits per heavy atom. The summed E-state index contributed by atoms with van der Waals surface area (Å²) >= 11 is 1.51. The largest absolute Gasteiger partial charge is 0.380 e. The predicted molar refractivity (Wildman–Crippen MR) is 163 cm³/mol. The van der Waals surface area contributed by atoms with Crippen LogP contribution in [0.25, 0.3) is 16.9 Å². The summed E-state index contributed by atoms with van der Waals surface area (Å²) in [5, 5.41) is 11.8. The first kappa shape index (κ1) is 28.8. The molecular weight excluding hydrogens is 536 g/mol. The van der Waals surface area contributed by atoms with Crippen LogP contribution in [0.4, 0.5) is 11.4 Å². The Balaban J connectivity index is 1.27. The van der Waals surface area contributed by atoms with Crippen LogP contribution in [0.2, 0.25) is 0 Å². The van der Waals surface area contributed by atoms with Gasteiger partial charge in [-0.3, -0.25) is 19.7 Å². The molecule has 0 atom stereocenters. The molecule has 0 saturated carbocycles. The van der Waals surface area contributed by atoms with Crippen molar-refractivity contribution in [3.63, 3.8) is 0 Å². The van der Waals surface area contributed by atoms with Gasteiger partial charge in [-0.15, -0.1) is 16.4 Å². The Kier molecular flexibility index (Phi) is 8.77. The average Bonchev–Trinajstić information content (AvgIpc) is 3.66. The molecule has 1 amide bonds. The van der Waals surface area contributed by atoms with E-state index < -0.39 is 0 Å². The number of hydrogen-bond donors (Lipinski definition) is 1. The van der Waals surface area contributed by atoms with E-state index in [1.807, 2.05) is 50.6 Å². The van der Waals surface area contributed by atoms with Gasteiger partial charge >= 0.3 is 0 Å². The van der Waals surface area contributed by atoms with Gasteiger partial charge in [0.25, 0.3) is 5.91 Å². The number of carbonyl (C=O) groups excluding carboxylic acids is 1. The van der Waals surface area contributed by atoms with Crippen LogP contribution in [-0.2, 0) is 10.2 Å². The number of thiophene rings is 1. The predicted octanol–water partition coefficient (Wildman–Crippen LogP) is 4.80. The molecule has 0 radical (unpaired) electrons. The highest BCUT2D eigenvalue weighted by Crippen LogP contribution is 2.30. The van der Waals surface area contributed by atoms with Crippen molar-refractivity contribution in [2.75, 3.05) is 56.2 Å². The van der Waals surface area contributed by atoms with Crippen molar-refractivity contribution in [1.29, 1.82) is 0 Å². The molecule has 11 heteroatoms. The first-order chi connectivity index (χ1) is 19.7. The molecule has 5 rings (SSSR count). The summed E-state index contributed by atoms with van der Waals surface area (Å²) in [5.41, 5.74) is 4.82. The number of carbonyl (C=O) groups is 1. The van der Waals surface area contributed by atoms with Gasteiger partial charge in [0.1, 0.15) is 5.69 Å². The number of anilines is 2. The van der Waals surface area contributed by atoms with E-state index in [2.05, 4.69) is 62.2 Å². The minimum atomic E-state index is -0.153. The first-order valence-corrected chi connectivity index (χ1v) is 14.8. The zero-order chi connectivity index (χ0) is 29.0. The Hall–Kier alpha value is -3.67. The average molecular weight is 575 g/mol. The van der Waals surface area contributed by atoms with Crippen molar-refractivity contribution in [2.24, 2.45) is 0 Å². The van der Waals surface area contributed by atoms with Gasteiger partial charge in [0.2, 0.25) is 0 Å². The molecule has 10 nitrogen and oxygen atoms in total. The maximum Gasteiger partial charge on any atom is 0.265 e. The fourth-order valence-corrected chi connectivity index (χ4v) is 5.66. The van der Waals surface area contributed by atoms with E-state index in [0.29, 0.717) is 10.6 Å². The smallest absolute Gasteiger partial charge is 0.265 e. The molecule has 0 spiro atoms. The van der Waals surface area contributed by atoms with Crippen molar-refractivity contribution in [1.82, 2.24) is 29.9 Å². The van der Waals surface area contributed by atoms with Crippen molar-refractivity contribution < 1.29 is 9.53 Å². The maximum absolute atomic E-state index is 12.9. The van der Waals surface area contributed by atoms with E-state index in [9.17, 15) is 4.79 Å².